The molecule has 0 aliphatic rings. The molecule has 2 aromatic heterocycles. The minimum absolute atomic E-state index is 0.271. The highest BCUT2D eigenvalue weighted by molar-refractivity contribution is 5.82. The van der Waals surface area contributed by atoms with E-state index in [0.29, 0.717) is 0 Å². The summed E-state index contributed by atoms with van der Waals surface area (Å²) in [4.78, 5) is 15.4. The molecule has 4 heteroatoms. The topological polar surface area (TPSA) is 60.9 Å². The van der Waals surface area contributed by atoms with Gasteiger partial charge in [0.05, 0.1) is 17.6 Å². The summed E-state index contributed by atoms with van der Waals surface area (Å²) in [6.45, 7) is 1.81. The van der Waals surface area contributed by atoms with Crippen molar-refractivity contribution >= 4 is 16.8 Å². The number of carbonyl (C=O) groups excluding carboxylic acids is 1. The number of rotatable bonds is 3. The van der Waals surface area contributed by atoms with Crippen LogP contribution in [-0.4, -0.2) is 15.5 Å². The van der Waals surface area contributed by atoms with Crippen LogP contribution in [0.15, 0.2) is 55.0 Å². The minimum atomic E-state index is -0.312. The minimum Gasteiger partial charge on any atom is -0.369 e. The average Bonchev–Trinajstić information content (AvgIpc) is 2.90. The molecule has 0 radical (unpaired) electrons. The molecule has 20 heavy (non-hydrogen) atoms. The Bertz CT molecular complexity index is 759. The zero-order valence-electron chi connectivity index (χ0n) is 11.2. The summed E-state index contributed by atoms with van der Waals surface area (Å²) >= 11 is 0. The molecule has 1 unspecified atom stereocenters. The molecule has 0 bridgehead atoms. The monoisotopic (exact) mass is 265 g/mol. The largest absolute Gasteiger partial charge is 0.369 e. The Morgan fingerprint density at radius 2 is 1.95 bits per heavy atom. The van der Waals surface area contributed by atoms with Crippen molar-refractivity contribution in [2.45, 2.75) is 12.8 Å². The number of aromatic nitrogens is 2. The van der Waals surface area contributed by atoms with Gasteiger partial charge in [-0.1, -0.05) is 12.1 Å². The molecular formula is C16H15N3O. The number of carbonyl (C=O) groups is 1. The summed E-state index contributed by atoms with van der Waals surface area (Å²) in [5.74, 6) is -0.583. The molecule has 3 rings (SSSR count). The van der Waals surface area contributed by atoms with Crippen molar-refractivity contribution in [2.24, 2.45) is 5.73 Å². The van der Waals surface area contributed by atoms with Gasteiger partial charge in [-0.2, -0.15) is 0 Å². The normalized spacial score (nSPS) is 12.4. The Morgan fingerprint density at radius 3 is 2.65 bits per heavy atom. The van der Waals surface area contributed by atoms with Gasteiger partial charge in [0.25, 0.3) is 0 Å². The summed E-state index contributed by atoms with van der Waals surface area (Å²) in [6.07, 6.45) is 5.64. The van der Waals surface area contributed by atoms with Gasteiger partial charge in [0.1, 0.15) is 0 Å². The van der Waals surface area contributed by atoms with Crippen LogP contribution in [-0.2, 0) is 4.79 Å². The molecule has 0 saturated carbocycles. The molecule has 4 nitrogen and oxygen atoms in total. The number of nitrogens with two attached hydrogens (primary N) is 1. The van der Waals surface area contributed by atoms with Gasteiger partial charge in [-0.05, 0) is 36.8 Å². The summed E-state index contributed by atoms with van der Waals surface area (Å²) in [6, 6.07) is 11.9. The summed E-state index contributed by atoms with van der Waals surface area (Å²) < 4.78 is 2.07. The number of fused-ring (bicyclic) bond motifs is 1. The fourth-order valence-corrected chi connectivity index (χ4v) is 2.29. The first-order valence-electron chi connectivity index (χ1n) is 6.47. The molecule has 1 amide bonds. The lowest BCUT2D eigenvalue weighted by Gasteiger charge is -2.10. The highest BCUT2D eigenvalue weighted by Gasteiger charge is 2.11. The molecular weight excluding hydrogens is 250 g/mol. The number of benzene rings is 1. The van der Waals surface area contributed by atoms with Gasteiger partial charge in [-0.25, -0.2) is 0 Å². The lowest BCUT2D eigenvalue weighted by atomic mass is 10.0. The average molecular weight is 265 g/mol. The van der Waals surface area contributed by atoms with Crippen molar-refractivity contribution < 1.29 is 4.79 Å². The van der Waals surface area contributed by atoms with E-state index in [1.165, 1.54) is 0 Å². The van der Waals surface area contributed by atoms with E-state index in [4.69, 9.17) is 5.73 Å². The van der Waals surface area contributed by atoms with E-state index in [1.54, 1.807) is 6.20 Å². The Labute approximate surface area is 116 Å². The lowest BCUT2D eigenvalue weighted by Crippen LogP contribution is -2.18. The van der Waals surface area contributed by atoms with E-state index in [1.807, 2.05) is 49.6 Å². The van der Waals surface area contributed by atoms with E-state index in [9.17, 15) is 4.79 Å². The highest BCUT2D eigenvalue weighted by Crippen LogP contribution is 2.21. The molecule has 3 aromatic rings. The van der Waals surface area contributed by atoms with Crippen LogP contribution >= 0.6 is 0 Å². The number of primary amides is 1. The van der Waals surface area contributed by atoms with Crippen LogP contribution < -0.4 is 5.73 Å². The zero-order valence-corrected chi connectivity index (χ0v) is 11.2. The fraction of sp³-hybridized carbons (Fsp3) is 0.125. The maximum Gasteiger partial charge on any atom is 0.224 e. The number of hydrogen-bond acceptors (Lipinski definition) is 2. The summed E-state index contributed by atoms with van der Waals surface area (Å²) in [5.41, 5.74) is 8.34. The summed E-state index contributed by atoms with van der Waals surface area (Å²) in [5, 5.41) is 1.15. The molecule has 0 aliphatic heterocycles. The third-order valence-electron chi connectivity index (χ3n) is 3.59. The molecule has 0 spiro atoms. The van der Waals surface area contributed by atoms with Gasteiger partial charge in [0.15, 0.2) is 0 Å². The van der Waals surface area contributed by atoms with Crippen LogP contribution in [0.4, 0.5) is 0 Å². The van der Waals surface area contributed by atoms with E-state index < -0.39 is 0 Å². The van der Waals surface area contributed by atoms with Crippen LogP contribution in [0.3, 0.4) is 0 Å². The van der Waals surface area contributed by atoms with E-state index in [-0.39, 0.29) is 11.8 Å². The maximum atomic E-state index is 11.2. The quantitative estimate of drug-likeness (QED) is 0.791. The van der Waals surface area contributed by atoms with Crippen LogP contribution in [0.1, 0.15) is 18.4 Å². The fourth-order valence-electron chi connectivity index (χ4n) is 2.29. The molecule has 0 fully saturated rings. The van der Waals surface area contributed by atoms with Gasteiger partial charge >= 0.3 is 0 Å². The summed E-state index contributed by atoms with van der Waals surface area (Å²) in [7, 11) is 0. The number of nitrogens with zero attached hydrogens (tertiary/aromatic N) is 2. The number of amides is 1. The van der Waals surface area contributed by atoms with Gasteiger partial charge in [-0.15, -0.1) is 0 Å². The predicted molar refractivity (Wildman–Crippen MR) is 78.7 cm³/mol. The second-order valence-electron chi connectivity index (χ2n) is 4.84. The predicted octanol–water partition coefficient (Wildman–Crippen LogP) is 2.61. The van der Waals surface area contributed by atoms with Crippen LogP contribution in [0.25, 0.3) is 16.6 Å². The Balaban J connectivity index is 2.01. The molecule has 2 N–H and O–H groups in total. The Morgan fingerprint density at radius 1 is 1.20 bits per heavy atom. The number of pyridine rings is 1. The van der Waals surface area contributed by atoms with Crippen LogP contribution in [0.5, 0.6) is 0 Å². The lowest BCUT2D eigenvalue weighted by molar-refractivity contribution is -0.119. The first-order chi connectivity index (χ1) is 9.66. The zero-order chi connectivity index (χ0) is 14.1. The van der Waals surface area contributed by atoms with Gasteiger partial charge in [-0.3, -0.25) is 9.78 Å². The Kier molecular flexibility index (Phi) is 2.99. The van der Waals surface area contributed by atoms with Crippen molar-refractivity contribution in [2.75, 3.05) is 0 Å². The van der Waals surface area contributed by atoms with Gasteiger partial charge in [0, 0.05) is 23.5 Å². The maximum absolute atomic E-state index is 11.2. The van der Waals surface area contributed by atoms with Crippen LogP contribution in [0.2, 0.25) is 0 Å². The first kappa shape index (κ1) is 12.4. The van der Waals surface area contributed by atoms with Crippen molar-refractivity contribution in [3.8, 4) is 5.69 Å². The van der Waals surface area contributed by atoms with Gasteiger partial charge in [0.2, 0.25) is 5.91 Å². The first-order valence-corrected chi connectivity index (χ1v) is 6.47. The Hall–Kier alpha value is -2.62. The van der Waals surface area contributed by atoms with Crippen molar-refractivity contribution in [1.29, 1.82) is 0 Å². The molecule has 1 atom stereocenters. The van der Waals surface area contributed by atoms with E-state index in [0.717, 1.165) is 22.2 Å². The second-order valence-corrected chi connectivity index (χ2v) is 4.84. The molecule has 1 aromatic carbocycles. The van der Waals surface area contributed by atoms with Crippen molar-refractivity contribution in [3.05, 3.63) is 60.6 Å². The van der Waals surface area contributed by atoms with Gasteiger partial charge < -0.3 is 10.3 Å². The number of hydrogen-bond donors (Lipinski definition) is 1. The SMILES string of the molecule is CC(C(N)=O)c1ccc(-n2ccc3ccncc32)cc1. The second kappa shape index (κ2) is 4.81. The molecule has 100 valence electrons. The highest BCUT2D eigenvalue weighted by atomic mass is 16.1. The van der Waals surface area contributed by atoms with Crippen LogP contribution in [0, 0.1) is 0 Å². The van der Waals surface area contributed by atoms with E-state index >= 15 is 0 Å². The standard InChI is InChI=1S/C16H15N3O/c1-11(16(17)20)12-2-4-14(5-3-12)19-9-7-13-6-8-18-10-15(13)19/h2-11H,1H3,(H2,17,20). The smallest absolute Gasteiger partial charge is 0.224 e. The third kappa shape index (κ3) is 2.05. The molecule has 2 heterocycles. The van der Waals surface area contributed by atoms with E-state index in [2.05, 4.69) is 15.6 Å². The van der Waals surface area contributed by atoms with Crippen molar-refractivity contribution in [3.63, 3.8) is 0 Å². The molecule has 0 aliphatic carbocycles. The van der Waals surface area contributed by atoms with Crippen molar-refractivity contribution in [1.82, 2.24) is 9.55 Å². The third-order valence-corrected chi connectivity index (χ3v) is 3.59. The molecule has 0 saturated heterocycles.